The van der Waals surface area contributed by atoms with Crippen LogP contribution in [-0.4, -0.2) is 46.6 Å². The lowest BCUT2D eigenvalue weighted by Gasteiger charge is -2.37. The third kappa shape index (κ3) is 3.44. The van der Waals surface area contributed by atoms with Crippen LogP contribution in [0.4, 0.5) is 0 Å². The van der Waals surface area contributed by atoms with Gasteiger partial charge in [0.15, 0.2) is 9.84 Å². The van der Waals surface area contributed by atoms with Gasteiger partial charge >= 0.3 is 0 Å². The highest BCUT2D eigenvalue weighted by atomic mass is 35.5. The molecule has 2 aromatic rings. The lowest BCUT2D eigenvalue weighted by atomic mass is 10.3. The van der Waals surface area contributed by atoms with Crippen LogP contribution >= 0.6 is 23.2 Å². The van der Waals surface area contributed by atoms with Crippen LogP contribution in [0.3, 0.4) is 0 Å². The molecule has 0 saturated carbocycles. The number of hydrogen-bond donors (Lipinski definition) is 0. The van der Waals surface area contributed by atoms with E-state index in [0.29, 0.717) is 10.8 Å². The average molecular weight is 436 g/mol. The lowest BCUT2D eigenvalue weighted by Crippen LogP contribution is -2.56. The number of ether oxygens (including phenoxy) is 1. The first kappa shape index (κ1) is 19.4. The molecule has 0 aromatic heterocycles. The van der Waals surface area contributed by atoms with Gasteiger partial charge in [-0.05, 0) is 42.5 Å². The van der Waals surface area contributed by atoms with E-state index < -0.39 is 25.1 Å². The van der Waals surface area contributed by atoms with Crippen molar-refractivity contribution in [1.82, 2.24) is 4.31 Å². The predicted molar refractivity (Wildman–Crippen MR) is 99.2 cm³/mol. The summed E-state index contributed by atoms with van der Waals surface area (Å²) in [5.41, 5.74) is 0. The van der Waals surface area contributed by atoms with Gasteiger partial charge in [0, 0.05) is 18.1 Å². The molecule has 0 amide bonds. The normalized spacial score (nSPS) is 16.3. The fourth-order valence-electron chi connectivity index (χ4n) is 2.57. The summed E-state index contributed by atoms with van der Waals surface area (Å²) in [7, 11) is -6.02. The summed E-state index contributed by atoms with van der Waals surface area (Å²) in [5.74, 6) is 0.359. The van der Waals surface area contributed by atoms with Gasteiger partial charge in [-0.2, -0.15) is 4.31 Å². The highest BCUT2D eigenvalue weighted by Gasteiger charge is 2.44. The zero-order valence-corrected chi connectivity index (χ0v) is 16.7. The number of sulfonamides is 1. The topological polar surface area (TPSA) is 80.8 Å². The molecule has 0 unspecified atom stereocenters. The summed E-state index contributed by atoms with van der Waals surface area (Å²) in [4.78, 5) is 0.113. The van der Waals surface area contributed by atoms with Gasteiger partial charge in [-0.1, -0.05) is 23.2 Å². The van der Waals surface area contributed by atoms with Crippen molar-refractivity contribution in [2.45, 2.75) is 15.0 Å². The highest BCUT2D eigenvalue weighted by Crippen LogP contribution is 2.32. The summed E-state index contributed by atoms with van der Waals surface area (Å²) in [6.07, 6.45) is 0. The first-order chi connectivity index (χ1) is 12.2. The van der Waals surface area contributed by atoms with Gasteiger partial charge in [-0.3, -0.25) is 0 Å². The maximum atomic E-state index is 12.6. The predicted octanol–water partition coefficient (Wildman–Crippen LogP) is 2.85. The van der Waals surface area contributed by atoms with Gasteiger partial charge in [0.25, 0.3) is 0 Å². The van der Waals surface area contributed by atoms with Gasteiger partial charge in [0.05, 0.1) is 27.2 Å². The molecule has 6 nitrogen and oxygen atoms in total. The maximum absolute atomic E-state index is 12.6. The van der Waals surface area contributed by atoms with Gasteiger partial charge in [-0.25, -0.2) is 16.8 Å². The molecule has 0 spiro atoms. The van der Waals surface area contributed by atoms with Crippen LogP contribution in [0.1, 0.15) is 0 Å². The molecule has 0 N–H and O–H groups in total. The van der Waals surface area contributed by atoms with E-state index in [9.17, 15) is 16.8 Å². The second-order valence-corrected chi connectivity index (χ2v) is 10.7. The molecule has 0 atom stereocenters. The van der Waals surface area contributed by atoms with E-state index in [0.717, 1.165) is 4.31 Å². The van der Waals surface area contributed by atoms with E-state index in [2.05, 4.69) is 0 Å². The number of rotatable bonds is 5. The quantitative estimate of drug-likeness (QED) is 0.720. The highest BCUT2D eigenvalue weighted by molar-refractivity contribution is 7.92. The van der Waals surface area contributed by atoms with E-state index >= 15 is 0 Å². The van der Waals surface area contributed by atoms with Crippen molar-refractivity contribution in [1.29, 1.82) is 0 Å². The Hall–Kier alpha value is -1.32. The molecule has 26 heavy (non-hydrogen) atoms. The Morgan fingerprint density at radius 1 is 0.962 bits per heavy atom. The first-order valence-corrected chi connectivity index (χ1v) is 11.2. The van der Waals surface area contributed by atoms with E-state index in [-0.39, 0.29) is 27.9 Å². The monoisotopic (exact) mass is 435 g/mol. The fourth-order valence-corrected chi connectivity index (χ4v) is 6.41. The van der Waals surface area contributed by atoms with Crippen LogP contribution in [-0.2, 0) is 19.9 Å². The third-order valence-electron chi connectivity index (χ3n) is 4.16. The molecule has 10 heteroatoms. The molecule has 0 aliphatic carbocycles. The maximum Gasteiger partial charge on any atom is 0.243 e. The number of halogens is 2. The average Bonchev–Trinajstić information content (AvgIpc) is 2.53. The summed E-state index contributed by atoms with van der Waals surface area (Å²) in [6.45, 7) is -0.228. The van der Waals surface area contributed by atoms with Crippen LogP contribution in [0.25, 0.3) is 0 Å². The van der Waals surface area contributed by atoms with Gasteiger partial charge in [-0.15, -0.1) is 0 Å². The molecular formula is C16H15Cl2NO5S2. The van der Waals surface area contributed by atoms with Crippen LogP contribution in [0, 0.1) is 0 Å². The van der Waals surface area contributed by atoms with Gasteiger partial charge in [0.2, 0.25) is 10.0 Å². The van der Waals surface area contributed by atoms with Crippen molar-refractivity contribution >= 4 is 43.1 Å². The molecular weight excluding hydrogens is 421 g/mol. The zero-order valence-electron chi connectivity index (χ0n) is 13.6. The third-order valence-corrected chi connectivity index (χ3v) is 8.64. The summed E-state index contributed by atoms with van der Waals surface area (Å²) in [5, 5.41) is -0.204. The molecule has 1 heterocycles. The van der Waals surface area contributed by atoms with E-state index in [1.807, 2.05) is 0 Å². The second-order valence-electron chi connectivity index (χ2n) is 5.74. The molecule has 1 fully saturated rings. The Morgan fingerprint density at radius 3 is 2.08 bits per heavy atom. The summed E-state index contributed by atoms with van der Waals surface area (Å²) in [6, 6.07) is 9.92. The van der Waals surface area contributed by atoms with Gasteiger partial charge < -0.3 is 4.74 Å². The van der Waals surface area contributed by atoms with Crippen LogP contribution in [0.5, 0.6) is 5.75 Å². The van der Waals surface area contributed by atoms with Crippen molar-refractivity contribution < 1.29 is 21.6 Å². The number of sulfone groups is 1. The summed E-state index contributed by atoms with van der Waals surface area (Å²) < 4.78 is 56.5. The molecule has 1 aliphatic heterocycles. The molecule has 1 aliphatic rings. The van der Waals surface area contributed by atoms with Crippen molar-refractivity contribution in [2.24, 2.45) is 0 Å². The lowest BCUT2D eigenvalue weighted by molar-refractivity contribution is 0.309. The SMILES string of the molecule is COc1ccc(S(=O)(=O)N2CC(S(=O)(=O)c3ccc(Cl)cc3)C2)cc1Cl. The van der Waals surface area contributed by atoms with Crippen LogP contribution in [0.2, 0.25) is 10.0 Å². The first-order valence-electron chi connectivity index (χ1n) is 7.49. The largest absolute Gasteiger partial charge is 0.495 e. The Labute approximate surface area is 162 Å². The van der Waals surface area contributed by atoms with Crippen molar-refractivity contribution in [2.75, 3.05) is 20.2 Å². The van der Waals surface area contributed by atoms with E-state index in [4.69, 9.17) is 27.9 Å². The van der Waals surface area contributed by atoms with Crippen molar-refractivity contribution in [3.05, 3.63) is 52.5 Å². The molecule has 140 valence electrons. The minimum Gasteiger partial charge on any atom is -0.495 e. The van der Waals surface area contributed by atoms with E-state index in [1.165, 1.54) is 49.6 Å². The Morgan fingerprint density at radius 2 is 1.54 bits per heavy atom. The minimum absolute atomic E-state index is 0.00867. The van der Waals surface area contributed by atoms with Crippen LogP contribution < -0.4 is 4.74 Å². The fraction of sp³-hybridized carbons (Fsp3) is 0.250. The second kappa shape index (κ2) is 7.01. The van der Waals surface area contributed by atoms with Crippen molar-refractivity contribution in [3.8, 4) is 5.75 Å². The van der Waals surface area contributed by atoms with Gasteiger partial charge in [0.1, 0.15) is 5.75 Å². The standard InChI is InChI=1S/C16H15Cl2NO5S2/c1-24-16-7-6-13(8-15(16)18)26(22,23)19-9-14(10-19)25(20,21)12-4-2-11(17)3-5-12/h2-8,14H,9-10H2,1H3. The molecule has 2 aromatic carbocycles. The minimum atomic E-state index is -3.82. The molecule has 0 radical (unpaired) electrons. The number of hydrogen-bond acceptors (Lipinski definition) is 5. The smallest absolute Gasteiger partial charge is 0.243 e. The number of methoxy groups -OCH3 is 1. The summed E-state index contributed by atoms with van der Waals surface area (Å²) >= 11 is 11.8. The molecule has 0 bridgehead atoms. The number of benzene rings is 2. The Kier molecular flexibility index (Phi) is 5.24. The van der Waals surface area contributed by atoms with Crippen LogP contribution in [0.15, 0.2) is 52.3 Å². The van der Waals surface area contributed by atoms with E-state index in [1.54, 1.807) is 0 Å². The Balaban J connectivity index is 1.78. The Bertz CT molecular complexity index is 1030. The number of nitrogens with zero attached hydrogens (tertiary/aromatic N) is 1. The zero-order chi connectivity index (χ0) is 19.1. The molecule has 1 saturated heterocycles. The molecule has 3 rings (SSSR count). The van der Waals surface area contributed by atoms with Crippen molar-refractivity contribution in [3.63, 3.8) is 0 Å².